The minimum Gasteiger partial charge on any atom is -0.464 e. The van der Waals surface area contributed by atoms with Crippen LogP contribution in [-0.2, 0) is 14.4 Å². The fourth-order valence-electron chi connectivity index (χ4n) is 5.16. The van der Waals surface area contributed by atoms with E-state index in [0.29, 0.717) is 62.3 Å². The van der Waals surface area contributed by atoms with E-state index in [2.05, 4.69) is 10.6 Å². The Hall–Kier alpha value is -3.62. The number of amides is 4. The van der Waals surface area contributed by atoms with Gasteiger partial charge in [0.05, 0.1) is 17.5 Å². The Morgan fingerprint density at radius 1 is 1.09 bits per heavy atom. The number of nitrogens with one attached hydrogen (secondary N) is 2. The minimum absolute atomic E-state index is 0.0339. The molecule has 4 heterocycles. The summed E-state index contributed by atoms with van der Waals surface area (Å²) >= 11 is 0. The third-order valence-electron chi connectivity index (χ3n) is 7.14. The Morgan fingerprint density at radius 3 is 2.59 bits per heavy atom. The van der Waals surface area contributed by atoms with Crippen molar-refractivity contribution in [1.29, 1.82) is 0 Å². The molecule has 0 saturated carbocycles. The number of nitrogens with zero attached hydrogens (tertiary/aromatic N) is 2. The second-order valence-corrected chi connectivity index (χ2v) is 9.25. The van der Waals surface area contributed by atoms with Crippen LogP contribution in [0.15, 0.2) is 41.0 Å². The molecular formula is C25H28N4O5. The first-order valence-electron chi connectivity index (χ1n) is 11.8. The van der Waals surface area contributed by atoms with Crippen LogP contribution in [0.2, 0.25) is 0 Å². The molecule has 1 aromatic heterocycles. The Balaban J connectivity index is 1.26. The fourth-order valence-corrected chi connectivity index (χ4v) is 5.16. The molecule has 4 amide bonds. The van der Waals surface area contributed by atoms with Crippen molar-refractivity contribution in [2.75, 3.05) is 25.0 Å². The van der Waals surface area contributed by atoms with E-state index in [4.69, 9.17) is 4.42 Å². The van der Waals surface area contributed by atoms with E-state index < -0.39 is 6.04 Å². The molecular weight excluding hydrogens is 436 g/mol. The molecule has 9 heteroatoms. The summed E-state index contributed by atoms with van der Waals surface area (Å²) in [5.41, 5.74) is 1.68. The molecule has 2 unspecified atom stereocenters. The lowest BCUT2D eigenvalue weighted by Crippen LogP contribution is -2.55. The van der Waals surface area contributed by atoms with Gasteiger partial charge in [-0.2, -0.15) is 0 Å². The van der Waals surface area contributed by atoms with Crippen molar-refractivity contribution in [2.24, 2.45) is 5.92 Å². The zero-order valence-electron chi connectivity index (χ0n) is 19.1. The Morgan fingerprint density at radius 2 is 1.88 bits per heavy atom. The first-order valence-corrected chi connectivity index (χ1v) is 11.8. The molecule has 1 aromatic carbocycles. The zero-order chi connectivity index (χ0) is 23.8. The van der Waals surface area contributed by atoms with Crippen LogP contribution in [0.1, 0.15) is 43.0 Å². The highest BCUT2D eigenvalue weighted by Gasteiger charge is 2.41. The average Bonchev–Trinajstić information content (AvgIpc) is 3.36. The zero-order valence-corrected chi connectivity index (χ0v) is 19.1. The summed E-state index contributed by atoms with van der Waals surface area (Å²) in [5, 5.41) is 5.99. The first-order chi connectivity index (χ1) is 16.4. The SMILES string of the molecule is CC(=O)N1CCC(C(=O)NC2CCN3C(=O)c4cc(-c5ccco5)ccc4NC(=O)C3C2)CC1. The van der Waals surface area contributed by atoms with Crippen LogP contribution in [-0.4, -0.2) is 65.1 Å². The molecule has 2 aromatic rings. The molecule has 3 aliphatic heterocycles. The maximum absolute atomic E-state index is 13.4. The summed E-state index contributed by atoms with van der Waals surface area (Å²) in [7, 11) is 0. The first kappa shape index (κ1) is 22.2. The van der Waals surface area contributed by atoms with E-state index in [1.165, 1.54) is 0 Å². The van der Waals surface area contributed by atoms with Gasteiger partial charge in [-0.15, -0.1) is 0 Å². The number of hydrogen-bond donors (Lipinski definition) is 2. The van der Waals surface area contributed by atoms with Crippen molar-refractivity contribution in [3.05, 3.63) is 42.2 Å². The predicted molar refractivity (Wildman–Crippen MR) is 124 cm³/mol. The molecule has 2 N–H and O–H groups in total. The highest BCUT2D eigenvalue weighted by Crippen LogP contribution is 2.32. The van der Waals surface area contributed by atoms with Crippen LogP contribution >= 0.6 is 0 Å². The van der Waals surface area contributed by atoms with Gasteiger partial charge < -0.3 is 24.9 Å². The van der Waals surface area contributed by atoms with Gasteiger partial charge in [-0.3, -0.25) is 19.2 Å². The van der Waals surface area contributed by atoms with E-state index in [-0.39, 0.29) is 35.6 Å². The number of rotatable bonds is 3. The van der Waals surface area contributed by atoms with Gasteiger partial charge in [0.2, 0.25) is 17.7 Å². The number of benzene rings is 1. The number of furan rings is 1. The lowest BCUT2D eigenvalue weighted by molar-refractivity contribution is -0.134. The molecule has 0 radical (unpaired) electrons. The maximum atomic E-state index is 13.4. The van der Waals surface area contributed by atoms with Crippen molar-refractivity contribution >= 4 is 29.3 Å². The van der Waals surface area contributed by atoms with Crippen molar-refractivity contribution in [2.45, 2.75) is 44.7 Å². The monoisotopic (exact) mass is 464 g/mol. The van der Waals surface area contributed by atoms with Crippen molar-refractivity contribution in [3.63, 3.8) is 0 Å². The Kier molecular flexibility index (Phi) is 5.85. The number of piperidine rings is 2. The number of carbonyl (C=O) groups is 4. The number of hydrogen-bond acceptors (Lipinski definition) is 5. The largest absolute Gasteiger partial charge is 0.464 e. The van der Waals surface area contributed by atoms with Crippen LogP contribution in [0.5, 0.6) is 0 Å². The van der Waals surface area contributed by atoms with Gasteiger partial charge in [0.15, 0.2) is 0 Å². The van der Waals surface area contributed by atoms with Gasteiger partial charge in [0.1, 0.15) is 11.8 Å². The topological polar surface area (TPSA) is 112 Å². The lowest BCUT2D eigenvalue weighted by atomic mass is 9.92. The van der Waals surface area contributed by atoms with Crippen LogP contribution < -0.4 is 10.6 Å². The molecule has 0 spiro atoms. The van der Waals surface area contributed by atoms with Crippen LogP contribution in [0, 0.1) is 5.92 Å². The highest BCUT2D eigenvalue weighted by molar-refractivity contribution is 6.10. The van der Waals surface area contributed by atoms with Gasteiger partial charge in [-0.1, -0.05) is 0 Å². The van der Waals surface area contributed by atoms with Crippen LogP contribution in [0.3, 0.4) is 0 Å². The molecule has 9 nitrogen and oxygen atoms in total. The average molecular weight is 465 g/mol. The van der Waals surface area contributed by atoms with E-state index in [9.17, 15) is 19.2 Å². The second kappa shape index (κ2) is 8.96. The Bertz CT molecular complexity index is 1120. The van der Waals surface area contributed by atoms with Gasteiger partial charge in [0.25, 0.3) is 5.91 Å². The van der Waals surface area contributed by atoms with Crippen molar-refractivity contribution in [3.8, 4) is 11.3 Å². The second-order valence-electron chi connectivity index (χ2n) is 9.25. The summed E-state index contributed by atoms with van der Waals surface area (Å²) in [5.74, 6) is 0.0708. The van der Waals surface area contributed by atoms with E-state index in [1.807, 2.05) is 12.1 Å². The number of likely N-dealkylation sites (tertiary alicyclic amines) is 1. The number of fused-ring (bicyclic) bond motifs is 2. The third kappa shape index (κ3) is 4.18. The van der Waals surface area contributed by atoms with E-state index in [1.54, 1.807) is 41.2 Å². The smallest absolute Gasteiger partial charge is 0.256 e. The van der Waals surface area contributed by atoms with Gasteiger partial charge in [-0.25, -0.2) is 0 Å². The fraction of sp³-hybridized carbons (Fsp3) is 0.440. The molecule has 0 bridgehead atoms. The van der Waals surface area contributed by atoms with Crippen LogP contribution in [0.4, 0.5) is 5.69 Å². The summed E-state index contributed by atoms with van der Waals surface area (Å²) in [4.78, 5) is 54.2. The molecule has 2 fully saturated rings. The molecule has 178 valence electrons. The van der Waals surface area contributed by atoms with Gasteiger partial charge >= 0.3 is 0 Å². The van der Waals surface area contributed by atoms with Gasteiger partial charge in [-0.05, 0) is 56.0 Å². The highest BCUT2D eigenvalue weighted by atomic mass is 16.3. The standard InChI is InChI=1S/C25H28N4O5/c1-15(30)28-9-6-16(7-10-28)23(31)26-18-8-11-29-21(14-18)24(32)27-20-5-4-17(13-19(20)25(29)33)22-3-2-12-34-22/h2-5,12-13,16,18,21H,6-11,14H2,1H3,(H,26,31)(H,27,32). The molecule has 2 saturated heterocycles. The van der Waals surface area contributed by atoms with Crippen molar-refractivity contribution in [1.82, 2.24) is 15.1 Å². The summed E-state index contributed by atoms with van der Waals surface area (Å²) in [6, 6.07) is 8.07. The Labute approximate surface area is 197 Å². The molecule has 5 rings (SSSR count). The predicted octanol–water partition coefficient (Wildman–Crippen LogP) is 2.25. The lowest BCUT2D eigenvalue weighted by Gasteiger charge is -2.38. The van der Waals surface area contributed by atoms with Crippen LogP contribution in [0.25, 0.3) is 11.3 Å². The summed E-state index contributed by atoms with van der Waals surface area (Å²) < 4.78 is 5.45. The maximum Gasteiger partial charge on any atom is 0.256 e. The number of anilines is 1. The summed E-state index contributed by atoms with van der Waals surface area (Å²) in [6.45, 7) is 3.10. The van der Waals surface area contributed by atoms with E-state index >= 15 is 0 Å². The van der Waals surface area contributed by atoms with Gasteiger partial charge in [0, 0.05) is 44.1 Å². The molecule has 34 heavy (non-hydrogen) atoms. The molecule has 3 aliphatic rings. The quantitative estimate of drug-likeness (QED) is 0.724. The number of carbonyl (C=O) groups excluding carboxylic acids is 4. The summed E-state index contributed by atoms with van der Waals surface area (Å²) in [6.07, 6.45) is 3.81. The third-order valence-corrected chi connectivity index (χ3v) is 7.14. The van der Waals surface area contributed by atoms with E-state index in [0.717, 1.165) is 5.56 Å². The molecule has 0 aliphatic carbocycles. The minimum atomic E-state index is -0.648. The van der Waals surface area contributed by atoms with Crippen molar-refractivity contribution < 1.29 is 23.6 Å². The normalized spacial score (nSPS) is 23.0. The molecule has 2 atom stereocenters.